The molecule has 4 aromatic rings. The number of hydrogen-bond acceptors (Lipinski definition) is 5. The number of fused-ring (bicyclic) bond motifs is 1. The first-order valence-corrected chi connectivity index (χ1v) is 10.6. The van der Waals surface area contributed by atoms with Crippen LogP contribution < -0.4 is 20.3 Å². The van der Waals surface area contributed by atoms with E-state index in [1.54, 1.807) is 42.5 Å². The van der Waals surface area contributed by atoms with Crippen LogP contribution in [-0.2, 0) is 0 Å². The average Bonchev–Trinajstić information content (AvgIpc) is 2.84. The summed E-state index contributed by atoms with van der Waals surface area (Å²) < 4.78 is 11.9. The Morgan fingerprint density at radius 2 is 1.52 bits per heavy atom. The molecule has 0 fully saturated rings. The minimum Gasteiger partial charge on any atom is -0.497 e. The molecule has 0 saturated heterocycles. The Kier molecular flexibility index (Phi) is 6.13. The molecular weight excluding hydrogens is 418 g/mol. The number of methoxy groups -OCH3 is 2. The molecule has 1 N–H and O–H groups in total. The van der Waals surface area contributed by atoms with Crippen molar-refractivity contribution in [2.75, 3.05) is 19.5 Å². The van der Waals surface area contributed by atoms with E-state index in [-0.39, 0.29) is 11.3 Å². The average molecular weight is 444 g/mol. The largest absolute Gasteiger partial charge is 0.497 e. The monoisotopic (exact) mass is 443 g/mol. The van der Waals surface area contributed by atoms with Gasteiger partial charge in [0.25, 0.3) is 11.5 Å². The number of nitrogens with zero attached hydrogens (tertiary/aromatic N) is 2. The zero-order chi connectivity index (χ0) is 23.5. The van der Waals surface area contributed by atoms with Gasteiger partial charge in [-0.1, -0.05) is 44.2 Å². The Morgan fingerprint density at radius 1 is 0.909 bits per heavy atom. The van der Waals surface area contributed by atoms with E-state index in [4.69, 9.17) is 9.47 Å². The Morgan fingerprint density at radius 3 is 2.09 bits per heavy atom. The smallest absolute Gasteiger partial charge is 0.279 e. The first-order chi connectivity index (χ1) is 15.9. The number of benzene rings is 3. The van der Waals surface area contributed by atoms with Crippen LogP contribution in [0.25, 0.3) is 16.5 Å². The molecule has 0 aliphatic carbocycles. The SMILES string of the molecule is COc1cc(OC)cc(-n2nc(C(=O)Nc3ccc(C(C)C)cc3)c3ccccc3c2=O)c1. The van der Waals surface area contributed by atoms with Gasteiger partial charge in [-0.05, 0) is 29.7 Å². The van der Waals surface area contributed by atoms with E-state index < -0.39 is 5.91 Å². The standard InChI is InChI=1S/C26H25N3O4/c1-16(2)17-9-11-18(12-10-17)27-25(30)24-22-7-5-6-8-23(22)26(31)29(28-24)19-13-20(32-3)15-21(14-19)33-4/h5-16H,1-4H3,(H,27,30). The van der Waals surface area contributed by atoms with Crippen molar-refractivity contribution in [1.82, 2.24) is 9.78 Å². The van der Waals surface area contributed by atoms with Crippen molar-refractivity contribution in [1.29, 1.82) is 0 Å². The quantitative estimate of drug-likeness (QED) is 0.464. The third-order valence-electron chi connectivity index (χ3n) is 5.44. The van der Waals surface area contributed by atoms with Crippen molar-refractivity contribution in [2.45, 2.75) is 19.8 Å². The molecule has 0 unspecified atom stereocenters. The Bertz CT molecular complexity index is 1350. The maximum Gasteiger partial charge on any atom is 0.279 e. The van der Waals surface area contributed by atoms with Gasteiger partial charge in [-0.3, -0.25) is 9.59 Å². The van der Waals surface area contributed by atoms with Gasteiger partial charge in [0.05, 0.1) is 25.3 Å². The number of nitrogens with one attached hydrogen (secondary N) is 1. The number of amides is 1. The fourth-order valence-corrected chi connectivity index (χ4v) is 3.59. The second-order valence-electron chi connectivity index (χ2n) is 7.91. The summed E-state index contributed by atoms with van der Waals surface area (Å²) in [4.78, 5) is 26.5. The van der Waals surface area contributed by atoms with Gasteiger partial charge >= 0.3 is 0 Å². The van der Waals surface area contributed by atoms with Crippen LogP contribution in [0.3, 0.4) is 0 Å². The number of hydrogen-bond donors (Lipinski definition) is 1. The molecule has 1 aromatic heterocycles. The summed E-state index contributed by atoms with van der Waals surface area (Å²) in [5.74, 6) is 0.987. The van der Waals surface area contributed by atoms with E-state index in [2.05, 4.69) is 24.3 Å². The van der Waals surface area contributed by atoms with Crippen LogP contribution in [0.4, 0.5) is 5.69 Å². The van der Waals surface area contributed by atoms with Crippen molar-refractivity contribution in [3.8, 4) is 17.2 Å². The van der Waals surface area contributed by atoms with E-state index in [1.165, 1.54) is 24.5 Å². The summed E-state index contributed by atoms with van der Waals surface area (Å²) in [6.07, 6.45) is 0. The lowest BCUT2D eigenvalue weighted by Gasteiger charge is -2.13. The Labute approximate surface area is 191 Å². The highest BCUT2D eigenvalue weighted by molar-refractivity contribution is 6.11. The Balaban J connectivity index is 1.83. The fourth-order valence-electron chi connectivity index (χ4n) is 3.59. The highest BCUT2D eigenvalue weighted by Crippen LogP contribution is 2.25. The lowest BCUT2D eigenvalue weighted by atomic mass is 10.0. The topological polar surface area (TPSA) is 82.4 Å². The second-order valence-corrected chi connectivity index (χ2v) is 7.91. The van der Waals surface area contributed by atoms with Gasteiger partial charge in [0.1, 0.15) is 11.5 Å². The molecule has 1 amide bonds. The molecular formula is C26H25N3O4. The van der Waals surface area contributed by atoms with Gasteiger partial charge in [-0.2, -0.15) is 9.78 Å². The molecule has 4 rings (SSSR count). The number of aromatic nitrogens is 2. The Hall–Kier alpha value is -4.13. The van der Waals surface area contributed by atoms with Crippen molar-refractivity contribution in [3.05, 3.63) is 88.3 Å². The molecule has 0 bridgehead atoms. The molecule has 7 heteroatoms. The molecule has 1 heterocycles. The van der Waals surface area contributed by atoms with E-state index in [0.717, 1.165) is 0 Å². The molecule has 0 saturated carbocycles. The van der Waals surface area contributed by atoms with Crippen LogP contribution >= 0.6 is 0 Å². The van der Waals surface area contributed by atoms with E-state index in [1.807, 2.05) is 24.3 Å². The third kappa shape index (κ3) is 4.43. The molecule has 33 heavy (non-hydrogen) atoms. The highest BCUT2D eigenvalue weighted by Gasteiger charge is 2.18. The molecule has 0 aliphatic heterocycles. The maximum absolute atomic E-state index is 13.2. The van der Waals surface area contributed by atoms with E-state index in [9.17, 15) is 9.59 Å². The molecule has 0 radical (unpaired) electrons. The summed E-state index contributed by atoms with van der Waals surface area (Å²) in [6, 6.07) is 19.6. The zero-order valence-electron chi connectivity index (χ0n) is 19.0. The van der Waals surface area contributed by atoms with Crippen molar-refractivity contribution in [3.63, 3.8) is 0 Å². The highest BCUT2D eigenvalue weighted by atomic mass is 16.5. The van der Waals surface area contributed by atoms with Gasteiger partial charge < -0.3 is 14.8 Å². The van der Waals surface area contributed by atoms with Gasteiger partial charge in [0.15, 0.2) is 5.69 Å². The first kappa shape index (κ1) is 22.1. The van der Waals surface area contributed by atoms with Crippen LogP contribution in [0.5, 0.6) is 11.5 Å². The minimum absolute atomic E-state index is 0.139. The van der Waals surface area contributed by atoms with Gasteiger partial charge in [0.2, 0.25) is 0 Å². The molecule has 168 valence electrons. The van der Waals surface area contributed by atoms with Gasteiger partial charge in [-0.25, -0.2) is 0 Å². The summed E-state index contributed by atoms with van der Waals surface area (Å²) in [7, 11) is 3.05. The van der Waals surface area contributed by atoms with Crippen molar-refractivity contribution >= 4 is 22.4 Å². The second kappa shape index (κ2) is 9.16. The number of carbonyl (C=O) groups is 1. The molecule has 0 spiro atoms. The van der Waals surface area contributed by atoms with E-state index >= 15 is 0 Å². The van der Waals surface area contributed by atoms with Gasteiger partial charge in [0, 0.05) is 29.3 Å². The summed E-state index contributed by atoms with van der Waals surface area (Å²) >= 11 is 0. The minimum atomic E-state index is -0.410. The van der Waals surface area contributed by atoms with Crippen LogP contribution in [0.2, 0.25) is 0 Å². The number of carbonyl (C=O) groups excluding carboxylic acids is 1. The zero-order valence-corrected chi connectivity index (χ0v) is 19.0. The summed E-state index contributed by atoms with van der Waals surface area (Å²) in [6.45, 7) is 4.22. The molecule has 0 aliphatic rings. The normalized spacial score (nSPS) is 10.9. The van der Waals surface area contributed by atoms with Crippen LogP contribution in [0.1, 0.15) is 35.8 Å². The summed E-state index contributed by atoms with van der Waals surface area (Å²) in [5, 5.41) is 8.20. The third-order valence-corrected chi connectivity index (χ3v) is 5.44. The number of ether oxygens (including phenoxy) is 2. The lowest BCUT2D eigenvalue weighted by Crippen LogP contribution is -2.26. The fraction of sp³-hybridized carbons (Fsp3) is 0.192. The van der Waals surface area contributed by atoms with Crippen molar-refractivity contribution < 1.29 is 14.3 Å². The van der Waals surface area contributed by atoms with Crippen molar-refractivity contribution in [2.24, 2.45) is 0 Å². The molecule has 3 aromatic carbocycles. The first-order valence-electron chi connectivity index (χ1n) is 10.6. The van der Waals surface area contributed by atoms with Gasteiger partial charge in [-0.15, -0.1) is 0 Å². The van der Waals surface area contributed by atoms with E-state index in [0.29, 0.717) is 39.6 Å². The van der Waals surface area contributed by atoms with Crippen LogP contribution in [-0.4, -0.2) is 29.9 Å². The lowest BCUT2D eigenvalue weighted by molar-refractivity contribution is 0.102. The maximum atomic E-state index is 13.2. The predicted molar refractivity (Wildman–Crippen MR) is 129 cm³/mol. The molecule has 7 nitrogen and oxygen atoms in total. The van der Waals surface area contributed by atoms with Crippen LogP contribution in [0.15, 0.2) is 71.5 Å². The summed E-state index contributed by atoms with van der Waals surface area (Å²) in [5.41, 5.74) is 2.05. The number of rotatable bonds is 6. The predicted octanol–water partition coefficient (Wildman–Crippen LogP) is 4.78. The number of anilines is 1. The van der Waals surface area contributed by atoms with Crippen LogP contribution in [0, 0.1) is 0 Å². The molecule has 0 atom stereocenters.